The fourth-order valence-electron chi connectivity index (χ4n) is 13.6. The monoisotopic (exact) mass is 1300 g/mol. The molecule has 96 heavy (non-hydrogen) atoms. The molecule has 12 bridgehead atoms. The average molecular weight is 1300 g/mol. The first-order valence-corrected chi connectivity index (χ1v) is 34.4. The molecule has 3 heterocycles. The smallest absolute Gasteiger partial charge is 0.251 e. The molecule has 0 aliphatic carbocycles. The van der Waals surface area contributed by atoms with Gasteiger partial charge < -0.3 is 44.4 Å². The Morgan fingerprint density at radius 2 is 0.438 bits per heavy atom. The zero-order chi connectivity index (χ0) is 69.8. The van der Waals surface area contributed by atoms with E-state index < -0.39 is 17.7 Å². The van der Waals surface area contributed by atoms with E-state index in [9.17, 15) is 14.4 Å². The van der Waals surface area contributed by atoms with Crippen LogP contribution in [0.15, 0.2) is 91.0 Å². The molecule has 10 rings (SSSR count). The Labute approximate surface area is 572 Å². The SMILES string of the molecule is COc1c2cc(C(C)(C)C)cc1Cc1cc(C(C)(C)C)cc3c1OCCNC(=O)c1cc4cc(c1)C(=O)NCCOc1c(cc(C(C)(C)C)cc1Cc1cc(C(C)(C)C)cc(c1OC)C3)Cc1cc(C(C)(C)C)cc(c1OC)Cc1cc(C(C)(C)C)cc(c1OCCNC4=O)C2. The Kier molecular flexibility index (Phi) is 19.8. The van der Waals surface area contributed by atoms with Gasteiger partial charge in [0.1, 0.15) is 54.3 Å². The summed E-state index contributed by atoms with van der Waals surface area (Å²) in [6, 6.07) is 32.2. The highest BCUT2D eigenvalue weighted by atomic mass is 16.5. The molecule has 0 atom stereocenters. The number of benzene rings is 7. The third-order valence-electron chi connectivity index (χ3n) is 19.2. The summed E-state index contributed by atoms with van der Waals surface area (Å²) in [5, 5.41) is 9.27. The van der Waals surface area contributed by atoms with Crippen LogP contribution in [0.4, 0.5) is 0 Å². The van der Waals surface area contributed by atoms with E-state index >= 15 is 0 Å². The van der Waals surface area contributed by atoms with Crippen LogP contribution in [-0.2, 0) is 71.0 Å². The number of hydrogen-bond acceptors (Lipinski definition) is 9. The van der Waals surface area contributed by atoms with E-state index in [-0.39, 0.29) is 88.6 Å². The fraction of sp³-hybridized carbons (Fsp3) is 0.464. The zero-order valence-electron chi connectivity index (χ0n) is 61.3. The summed E-state index contributed by atoms with van der Waals surface area (Å²) in [4.78, 5) is 43.9. The molecule has 0 spiro atoms. The minimum atomic E-state index is -0.468. The van der Waals surface area contributed by atoms with E-state index in [1.165, 1.54) is 18.2 Å². The van der Waals surface area contributed by atoms with Gasteiger partial charge >= 0.3 is 0 Å². The second-order valence-corrected chi connectivity index (χ2v) is 33.0. The second-order valence-electron chi connectivity index (χ2n) is 33.0. The minimum absolute atomic E-state index is 0.0976. The quantitative estimate of drug-likeness (QED) is 0.158. The number of ether oxygens (including phenoxy) is 6. The molecule has 7 aromatic carbocycles. The molecule has 12 heteroatoms. The van der Waals surface area contributed by atoms with Crippen molar-refractivity contribution in [3.8, 4) is 34.5 Å². The normalized spacial score (nSPS) is 15.4. The van der Waals surface area contributed by atoms with E-state index in [0.717, 1.165) is 117 Å². The lowest BCUT2D eigenvalue weighted by atomic mass is 9.79. The lowest BCUT2D eigenvalue weighted by molar-refractivity contribution is 0.0946. The van der Waals surface area contributed by atoms with Crippen molar-refractivity contribution in [3.63, 3.8) is 0 Å². The van der Waals surface area contributed by atoms with Crippen molar-refractivity contribution in [2.45, 2.75) is 196 Å². The molecule has 7 aromatic rings. The van der Waals surface area contributed by atoms with Crippen LogP contribution < -0.4 is 44.4 Å². The second kappa shape index (κ2) is 27.0. The Hall–Kier alpha value is -8.25. The molecular formula is C84H105N3O9. The molecule has 0 unspecified atom stereocenters. The fourth-order valence-corrected chi connectivity index (χ4v) is 13.6. The minimum Gasteiger partial charge on any atom is -0.496 e. The van der Waals surface area contributed by atoms with E-state index in [1.807, 2.05) is 0 Å². The van der Waals surface area contributed by atoms with Gasteiger partial charge in [0.15, 0.2) is 0 Å². The van der Waals surface area contributed by atoms with Crippen LogP contribution in [-0.4, -0.2) is 78.5 Å². The molecule has 0 radical (unpaired) electrons. The van der Waals surface area contributed by atoms with Gasteiger partial charge in [-0.05, 0) is 151 Å². The van der Waals surface area contributed by atoms with Crippen molar-refractivity contribution in [3.05, 3.63) is 208 Å². The number of fused-ring (bicyclic) bond motifs is 18. The van der Waals surface area contributed by atoms with Crippen molar-refractivity contribution in [2.75, 3.05) is 60.8 Å². The van der Waals surface area contributed by atoms with Gasteiger partial charge in [-0.3, -0.25) is 14.4 Å². The first-order chi connectivity index (χ1) is 44.9. The molecule has 12 nitrogen and oxygen atoms in total. The third-order valence-corrected chi connectivity index (χ3v) is 19.2. The van der Waals surface area contributed by atoms with E-state index in [4.69, 9.17) is 28.4 Å². The van der Waals surface area contributed by atoms with E-state index in [1.54, 1.807) is 21.3 Å². The van der Waals surface area contributed by atoms with E-state index in [0.29, 0.717) is 55.8 Å². The lowest BCUT2D eigenvalue weighted by Crippen LogP contribution is -2.32. The van der Waals surface area contributed by atoms with Gasteiger partial charge in [0.2, 0.25) is 0 Å². The largest absolute Gasteiger partial charge is 0.496 e. The molecule has 3 aliphatic rings. The summed E-state index contributed by atoms with van der Waals surface area (Å²) in [6.45, 7) is 41.2. The maximum absolute atomic E-state index is 14.6. The molecule has 3 amide bonds. The Morgan fingerprint density at radius 3 is 0.594 bits per heavy atom. The standard InChI is InChI=1S/C84H105N3O9/c1-79(2,3)64-37-49-28-55-43-67(82(10,11)12)45-57-30-51-39-65(80(4,5)6)41-53(71(51)92-20)32-59-47-69(84(16,17)18)48-60-33-54-42-66(81(7,8)9)40-52(72(54)93-21)31-58-46-68(83(13,14)15)44-56(29-50(38-64)70(49)91-19)74(58)95-26-23-86-77(89)62-34-61(76(88)85-22-25-94-73(55)57)35-63(36-62)78(90)87-24-27-96-75(59)60/h34-48H,22-33H2,1-21H3,(H,85,88)(H,86,89)(H,87,90). The number of hydrogen-bond donors (Lipinski definition) is 3. The van der Waals surface area contributed by atoms with Crippen LogP contribution in [0.2, 0.25) is 0 Å². The van der Waals surface area contributed by atoms with Crippen molar-refractivity contribution in [1.82, 2.24) is 16.0 Å². The van der Waals surface area contributed by atoms with Gasteiger partial charge in [0.25, 0.3) is 17.7 Å². The third kappa shape index (κ3) is 15.6. The lowest BCUT2D eigenvalue weighted by Gasteiger charge is -2.29. The van der Waals surface area contributed by atoms with Crippen molar-refractivity contribution < 1.29 is 42.8 Å². The summed E-state index contributed by atoms with van der Waals surface area (Å²) in [7, 11) is 5.32. The van der Waals surface area contributed by atoms with Gasteiger partial charge in [-0.15, -0.1) is 0 Å². The van der Waals surface area contributed by atoms with Crippen LogP contribution >= 0.6 is 0 Å². The summed E-state index contributed by atoms with van der Waals surface area (Å²) in [6.07, 6.45) is 2.66. The van der Waals surface area contributed by atoms with Gasteiger partial charge in [-0.25, -0.2) is 0 Å². The molecule has 0 saturated heterocycles. The summed E-state index contributed by atoms with van der Waals surface area (Å²) >= 11 is 0. The summed E-state index contributed by atoms with van der Waals surface area (Å²) < 4.78 is 42.1. The summed E-state index contributed by atoms with van der Waals surface area (Å²) in [5.74, 6) is 3.01. The zero-order valence-corrected chi connectivity index (χ0v) is 61.3. The maximum Gasteiger partial charge on any atom is 0.251 e. The molecular weight excluding hydrogens is 1190 g/mol. The molecule has 510 valence electrons. The first kappa shape index (κ1) is 70.5. The number of methoxy groups -OCH3 is 3. The van der Waals surface area contributed by atoms with Crippen LogP contribution in [0.25, 0.3) is 0 Å². The maximum atomic E-state index is 14.6. The van der Waals surface area contributed by atoms with Crippen molar-refractivity contribution in [2.24, 2.45) is 0 Å². The average Bonchev–Trinajstić information content (AvgIpc) is 0.769. The Bertz CT molecular complexity index is 3570. The predicted molar refractivity (Wildman–Crippen MR) is 387 cm³/mol. The highest BCUT2D eigenvalue weighted by Crippen LogP contribution is 2.46. The van der Waals surface area contributed by atoms with Crippen LogP contribution in [0.5, 0.6) is 34.5 Å². The number of rotatable bonds is 3. The van der Waals surface area contributed by atoms with Crippen LogP contribution in [0.1, 0.15) is 256 Å². The highest BCUT2D eigenvalue weighted by molar-refractivity contribution is 6.04. The molecule has 0 fully saturated rings. The number of carbonyl (C=O) groups excluding carboxylic acids is 3. The topological polar surface area (TPSA) is 143 Å². The van der Waals surface area contributed by atoms with Crippen molar-refractivity contribution in [1.29, 1.82) is 0 Å². The number of amides is 3. The van der Waals surface area contributed by atoms with Crippen LogP contribution in [0, 0.1) is 0 Å². The Morgan fingerprint density at radius 1 is 0.271 bits per heavy atom. The van der Waals surface area contributed by atoms with Gasteiger partial charge in [0, 0.05) is 55.2 Å². The number of nitrogens with one attached hydrogen (secondary N) is 3. The first-order valence-electron chi connectivity index (χ1n) is 34.4. The highest BCUT2D eigenvalue weighted by Gasteiger charge is 2.32. The molecule has 0 saturated carbocycles. The Balaban J connectivity index is 1.40. The summed E-state index contributed by atoms with van der Waals surface area (Å²) in [5.41, 5.74) is 17.3. The van der Waals surface area contributed by atoms with Gasteiger partial charge in [0.05, 0.1) is 41.0 Å². The van der Waals surface area contributed by atoms with Crippen LogP contribution in [0.3, 0.4) is 0 Å². The van der Waals surface area contributed by atoms with Crippen molar-refractivity contribution >= 4 is 17.7 Å². The van der Waals surface area contributed by atoms with Gasteiger partial charge in [-0.1, -0.05) is 197 Å². The van der Waals surface area contributed by atoms with Gasteiger partial charge in [-0.2, -0.15) is 0 Å². The predicted octanol–water partition coefficient (Wildman–Crippen LogP) is 16.4. The number of carbonyl (C=O) groups is 3. The molecule has 0 aromatic heterocycles. The molecule has 3 aliphatic heterocycles. The molecule has 3 N–H and O–H groups in total. The van der Waals surface area contributed by atoms with E-state index in [2.05, 4.69) is 213 Å².